The number of rotatable bonds is 4. The molecule has 2 heterocycles. The number of hydrogen-bond acceptors (Lipinski definition) is 5. The molecule has 0 bridgehead atoms. The zero-order chi connectivity index (χ0) is 12.3. The van der Waals surface area contributed by atoms with Crippen molar-refractivity contribution in [3.8, 4) is 0 Å². The highest BCUT2D eigenvalue weighted by atomic mass is 32.1. The van der Waals surface area contributed by atoms with Gasteiger partial charge in [-0.05, 0) is 30.5 Å². The van der Waals surface area contributed by atoms with Crippen LogP contribution in [0, 0.1) is 0 Å². The summed E-state index contributed by atoms with van der Waals surface area (Å²) in [5, 5.41) is 2.09. The molecule has 1 atom stereocenters. The van der Waals surface area contributed by atoms with E-state index in [2.05, 4.69) is 39.7 Å². The van der Waals surface area contributed by atoms with Gasteiger partial charge in [0, 0.05) is 11.9 Å². The van der Waals surface area contributed by atoms with Gasteiger partial charge in [0.15, 0.2) is 0 Å². The maximum absolute atomic E-state index is 5.36. The molecule has 0 saturated heterocycles. The van der Waals surface area contributed by atoms with E-state index in [1.807, 2.05) is 25.2 Å². The van der Waals surface area contributed by atoms with Crippen LogP contribution in [0.2, 0.25) is 0 Å². The van der Waals surface area contributed by atoms with Crippen molar-refractivity contribution in [3.63, 3.8) is 0 Å². The van der Waals surface area contributed by atoms with Gasteiger partial charge in [-0.25, -0.2) is 10.8 Å². The van der Waals surface area contributed by atoms with E-state index >= 15 is 0 Å². The van der Waals surface area contributed by atoms with Crippen molar-refractivity contribution in [3.05, 3.63) is 40.6 Å². The van der Waals surface area contributed by atoms with E-state index in [1.54, 1.807) is 11.3 Å². The second kappa shape index (κ2) is 5.16. The SMILES string of the molecule is CC(c1cccs1)N(C)c1cccc(NN)n1. The Hall–Kier alpha value is -1.59. The van der Waals surface area contributed by atoms with Crippen molar-refractivity contribution in [2.45, 2.75) is 13.0 Å². The Bertz CT molecular complexity index is 469. The van der Waals surface area contributed by atoms with Crippen LogP contribution in [0.4, 0.5) is 11.6 Å². The lowest BCUT2D eigenvalue weighted by atomic mass is 10.2. The van der Waals surface area contributed by atoms with Crippen LogP contribution in [-0.4, -0.2) is 12.0 Å². The third-order valence-electron chi connectivity index (χ3n) is 2.78. The maximum atomic E-state index is 5.36. The molecule has 0 saturated carbocycles. The van der Waals surface area contributed by atoms with Crippen molar-refractivity contribution >= 4 is 23.0 Å². The van der Waals surface area contributed by atoms with Gasteiger partial charge in [-0.3, -0.25) is 0 Å². The number of hydrazine groups is 1. The van der Waals surface area contributed by atoms with Gasteiger partial charge < -0.3 is 10.3 Å². The third-order valence-corrected chi connectivity index (χ3v) is 3.82. The Morgan fingerprint density at radius 2 is 2.18 bits per heavy atom. The fourth-order valence-corrected chi connectivity index (χ4v) is 2.44. The Morgan fingerprint density at radius 1 is 1.35 bits per heavy atom. The predicted octanol–water partition coefficient (Wildman–Crippen LogP) is 2.63. The molecule has 4 nitrogen and oxygen atoms in total. The number of anilines is 2. The second-order valence-corrected chi connectivity index (χ2v) is 4.81. The first-order chi connectivity index (χ1) is 8.22. The Labute approximate surface area is 105 Å². The molecule has 0 fully saturated rings. The number of hydrogen-bond donors (Lipinski definition) is 2. The molecular formula is C12H16N4S. The monoisotopic (exact) mass is 248 g/mol. The molecule has 3 N–H and O–H groups in total. The van der Waals surface area contributed by atoms with E-state index in [-0.39, 0.29) is 0 Å². The molecule has 2 aromatic rings. The summed E-state index contributed by atoms with van der Waals surface area (Å²) in [5.74, 6) is 6.94. The molecule has 2 rings (SSSR count). The number of nitrogens with one attached hydrogen (secondary N) is 1. The Kier molecular flexibility index (Phi) is 3.61. The lowest BCUT2D eigenvalue weighted by molar-refractivity contribution is 0.742. The highest BCUT2D eigenvalue weighted by Gasteiger charge is 2.14. The van der Waals surface area contributed by atoms with Gasteiger partial charge in [0.2, 0.25) is 0 Å². The molecule has 17 heavy (non-hydrogen) atoms. The first-order valence-electron chi connectivity index (χ1n) is 5.42. The summed E-state index contributed by atoms with van der Waals surface area (Å²) in [4.78, 5) is 7.87. The Morgan fingerprint density at radius 3 is 2.82 bits per heavy atom. The highest BCUT2D eigenvalue weighted by molar-refractivity contribution is 7.10. The Balaban J connectivity index is 2.21. The van der Waals surface area contributed by atoms with Crippen molar-refractivity contribution in [2.24, 2.45) is 5.84 Å². The average Bonchev–Trinajstić information content (AvgIpc) is 2.91. The highest BCUT2D eigenvalue weighted by Crippen LogP contribution is 2.27. The first-order valence-corrected chi connectivity index (χ1v) is 6.30. The number of nitrogens with zero attached hydrogens (tertiary/aromatic N) is 2. The maximum Gasteiger partial charge on any atom is 0.142 e. The first kappa shape index (κ1) is 11.9. The standard InChI is InChI=1S/C12H16N4S/c1-9(10-5-4-8-17-10)16(2)12-7-3-6-11(14-12)15-13/h3-9H,13H2,1-2H3,(H,14,15). The smallest absolute Gasteiger partial charge is 0.142 e. The van der Waals surface area contributed by atoms with Crippen molar-refractivity contribution in [1.82, 2.24) is 4.98 Å². The van der Waals surface area contributed by atoms with Gasteiger partial charge in [-0.1, -0.05) is 12.1 Å². The van der Waals surface area contributed by atoms with Crippen LogP contribution < -0.4 is 16.2 Å². The summed E-state index contributed by atoms with van der Waals surface area (Å²) in [6.45, 7) is 2.16. The van der Waals surface area contributed by atoms with Crippen LogP contribution >= 0.6 is 11.3 Å². The summed E-state index contributed by atoms with van der Waals surface area (Å²) in [7, 11) is 2.03. The van der Waals surface area contributed by atoms with Crippen LogP contribution in [0.25, 0.3) is 0 Å². The molecule has 0 spiro atoms. The summed E-state index contributed by atoms with van der Waals surface area (Å²) in [6, 6.07) is 10.3. The summed E-state index contributed by atoms with van der Waals surface area (Å²) < 4.78 is 0. The zero-order valence-corrected chi connectivity index (χ0v) is 10.7. The van der Waals surface area contributed by atoms with Crippen LogP contribution in [0.5, 0.6) is 0 Å². The third kappa shape index (κ3) is 2.57. The normalized spacial score (nSPS) is 12.2. The van der Waals surface area contributed by atoms with Gasteiger partial charge in [-0.2, -0.15) is 0 Å². The molecule has 0 amide bonds. The minimum atomic E-state index is 0.301. The molecular weight excluding hydrogens is 232 g/mol. The molecule has 0 aromatic carbocycles. The summed E-state index contributed by atoms with van der Waals surface area (Å²) in [6.07, 6.45) is 0. The van der Waals surface area contributed by atoms with E-state index in [9.17, 15) is 0 Å². The molecule has 0 radical (unpaired) electrons. The number of aromatic nitrogens is 1. The van der Waals surface area contributed by atoms with E-state index in [4.69, 9.17) is 5.84 Å². The van der Waals surface area contributed by atoms with Crippen LogP contribution in [0.3, 0.4) is 0 Å². The van der Waals surface area contributed by atoms with Crippen LogP contribution in [0.15, 0.2) is 35.7 Å². The van der Waals surface area contributed by atoms with E-state index in [0.717, 1.165) is 5.82 Å². The van der Waals surface area contributed by atoms with E-state index in [0.29, 0.717) is 11.9 Å². The molecule has 0 aliphatic heterocycles. The van der Waals surface area contributed by atoms with Crippen molar-refractivity contribution < 1.29 is 0 Å². The minimum absolute atomic E-state index is 0.301. The van der Waals surface area contributed by atoms with Gasteiger partial charge in [0.1, 0.15) is 11.6 Å². The number of pyridine rings is 1. The number of nitrogen functional groups attached to an aromatic ring is 1. The summed E-state index contributed by atoms with van der Waals surface area (Å²) >= 11 is 1.75. The fourth-order valence-electron chi connectivity index (χ4n) is 1.62. The molecule has 0 aliphatic carbocycles. The molecule has 5 heteroatoms. The molecule has 1 unspecified atom stereocenters. The topological polar surface area (TPSA) is 54.2 Å². The largest absolute Gasteiger partial charge is 0.352 e. The lowest BCUT2D eigenvalue weighted by Gasteiger charge is -2.25. The second-order valence-electron chi connectivity index (χ2n) is 3.83. The quantitative estimate of drug-likeness (QED) is 0.645. The van der Waals surface area contributed by atoms with Crippen LogP contribution in [0.1, 0.15) is 17.8 Å². The lowest BCUT2D eigenvalue weighted by Crippen LogP contribution is -2.22. The fraction of sp³-hybridized carbons (Fsp3) is 0.250. The number of nitrogens with two attached hydrogens (primary N) is 1. The van der Waals surface area contributed by atoms with E-state index < -0.39 is 0 Å². The average molecular weight is 248 g/mol. The van der Waals surface area contributed by atoms with Gasteiger partial charge in [0.25, 0.3) is 0 Å². The number of thiophene rings is 1. The van der Waals surface area contributed by atoms with Crippen molar-refractivity contribution in [1.29, 1.82) is 0 Å². The zero-order valence-electron chi connectivity index (χ0n) is 9.92. The van der Waals surface area contributed by atoms with Crippen molar-refractivity contribution in [2.75, 3.05) is 17.4 Å². The van der Waals surface area contributed by atoms with Gasteiger partial charge in [0.05, 0.1) is 6.04 Å². The molecule has 0 aliphatic rings. The summed E-state index contributed by atoms with van der Waals surface area (Å²) in [5.41, 5.74) is 2.56. The molecule has 2 aromatic heterocycles. The van der Waals surface area contributed by atoms with Crippen LogP contribution in [-0.2, 0) is 0 Å². The minimum Gasteiger partial charge on any atom is -0.352 e. The van der Waals surface area contributed by atoms with E-state index in [1.165, 1.54) is 4.88 Å². The predicted molar refractivity (Wildman–Crippen MR) is 73.2 cm³/mol. The van der Waals surface area contributed by atoms with Gasteiger partial charge >= 0.3 is 0 Å². The van der Waals surface area contributed by atoms with Gasteiger partial charge in [-0.15, -0.1) is 11.3 Å². The molecule has 90 valence electrons.